The molecule has 5 heteroatoms. The average molecular weight is 332 g/mol. The van der Waals surface area contributed by atoms with E-state index < -0.39 is 0 Å². The van der Waals surface area contributed by atoms with Gasteiger partial charge < -0.3 is 15.5 Å². The van der Waals surface area contributed by atoms with E-state index in [1.807, 2.05) is 19.0 Å². The standard InChI is InChI=1S/C16H33N3S2/c1-9-16(5,6)10-12(15(2,3)4)11-17-13(20)18-14(21)19(7)8/h12H,9-11H2,1-8H3,(H2,17,18,20,21). The van der Waals surface area contributed by atoms with E-state index in [1.165, 1.54) is 12.8 Å². The lowest BCUT2D eigenvalue weighted by Gasteiger charge is -2.37. The molecule has 0 amide bonds. The predicted octanol–water partition coefficient (Wildman–Crippen LogP) is 3.79. The second-order valence-corrected chi connectivity index (χ2v) is 8.61. The fraction of sp³-hybridized carbons (Fsp3) is 0.875. The number of rotatable bonds is 5. The van der Waals surface area contributed by atoms with Gasteiger partial charge in [-0.2, -0.15) is 0 Å². The summed E-state index contributed by atoms with van der Waals surface area (Å²) in [6, 6.07) is 0. The van der Waals surface area contributed by atoms with Crippen molar-refractivity contribution in [3.05, 3.63) is 0 Å². The van der Waals surface area contributed by atoms with Gasteiger partial charge in [0.05, 0.1) is 0 Å². The van der Waals surface area contributed by atoms with Crippen LogP contribution in [0.4, 0.5) is 0 Å². The van der Waals surface area contributed by atoms with E-state index in [0.29, 0.717) is 21.6 Å². The van der Waals surface area contributed by atoms with E-state index in [0.717, 1.165) is 6.54 Å². The van der Waals surface area contributed by atoms with Crippen molar-refractivity contribution < 1.29 is 0 Å². The van der Waals surface area contributed by atoms with E-state index in [4.69, 9.17) is 24.4 Å². The van der Waals surface area contributed by atoms with Crippen molar-refractivity contribution in [3.63, 3.8) is 0 Å². The summed E-state index contributed by atoms with van der Waals surface area (Å²) in [6.45, 7) is 14.7. The Bertz CT molecular complexity index is 357. The minimum atomic E-state index is 0.247. The number of hydrogen-bond donors (Lipinski definition) is 2. The minimum absolute atomic E-state index is 0.247. The van der Waals surface area contributed by atoms with Crippen LogP contribution in [-0.2, 0) is 0 Å². The molecule has 3 nitrogen and oxygen atoms in total. The first-order valence-corrected chi connectivity index (χ1v) is 8.47. The van der Waals surface area contributed by atoms with E-state index in [9.17, 15) is 0 Å². The minimum Gasteiger partial charge on any atom is -0.362 e. The fourth-order valence-corrected chi connectivity index (χ4v) is 2.31. The number of nitrogens with zero attached hydrogens (tertiary/aromatic N) is 1. The maximum absolute atomic E-state index is 5.32. The van der Waals surface area contributed by atoms with Crippen LogP contribution in [-0.4, -0.2) is 35.8 Å². The largest absolute Gasteiger partial charge is 0.362 e. The van der Waals surface area contributed by atoms with Gasteiger partial charge in [-0.05, 0) is 47.6 Å². The topological polar surface area (TPSA) is 27.3 Å². The quantitative estimate of drug-likeness (QED) is 0.748. The summed E-state index contributed by atoms with van der Waals surface area (Å²) in [7, 11) is 3.80. The van der Waals surface area contributed by atoms with Gasteiger partial charge in [0.15, 0.2) is 10.2 Å². The number of hydrogen-bond acceptors (Lipinski definition) is 2. The van der Waals surface area contributed by atoms with Crippen molar-refractivity contribution in [1.82, 2.24) is 15.5 Å². The summed E-state index contributed by atoms with van der Waals surface area (Å²) in [6.07, 6.45) is 2.37. The lowest BCUT2D eigenvalue weighted by atomic mass is 9.70. The number of thiocarbonyl (C=S) groups is 2. The fourth-order valence-electron chi connectivity index (χ4n) is 1.96. The van der Waals surface area contributed by atoms with Crippen LogP contribution in [0.1, 0.15) is 54.4 Å². The molecule has 0 fully saturated rings. The van der Waals surface area contributed by atoms with Crippen molar-refractivity contribution >= 4 is 34.7 Å². The molecule has 0 heterocycles. The maximum atomic E-state index is 5.32. The third-order valence-corrected chi connectivity index (χ3v) is 4.83. The van der Waals surface area contributed by atoms with Crippen molar-refractivity contribution in [3.8, 4) is 0 Å². The predicted molar refractivity (Wildman–Crippen MR) is 102 cm³/mol. The zero-order chi connectivity index (χ0) is 16.8. The molecule has 124 valence electrons. The van der Waals surface area contributed by atoms with Crippen LogP contribution >= 0.6 is 24.4 Å². The molecule has 1 unspecified atom stereocenters. The molecule has 0 radical (unpaired) electrons. The summed E-state index contributed by atoms with van der Waals surface area (Å²) in [5.41, 5.74) is 0.602. The van der Waals surface area contributed by atoms with Gasteiger partial charge in [-0.25, -0.2) is 0 Å². The summed E-state index contributed by atoms with van der Waals surface area (Å²) < 4.78 is 0. The van der Waals surface area contributed by atoms with E-state index in [1.54, 1.807) is 0 Å². The Hall–Kier alpha value is -0.420. The molecule has 1 atom stereocenters. The maximum Gasteiger partial charge on any atom is 0.174 e. The second kappa shape index (κ2) is 8.28. The van der Waals surface area contributed by atoms with Crippen LogP contribution in [0, 0.1) is 16.7 Å². The van der Waals surface area contributed by atoms with Crippen LogP contribution in [0.5, 0.6) is 0 Å². The van der Waals surface area contributed by atoms with Crippen molar-refractivity contribution in [2.24, 2.45) is 16.7 Å². The van der Waals surface area contributed by atoms with E-state index >= 15 is 0 Å². The van der Waals surface area contributed by atoms with Gasteiger partial charge in [-0.15, -0.1) is 0 Å². The summed E-state index contributed by atoms with van der Waals surface area (Å²) in [4.78, 5) is 1.84. The van der Waals surface area contributed by atoms with Gasteiger partial charge >= 0.3 is 0 Å². The summed E-state index contributed by atoms with van der Waals surface area (Å²) >= 11 is 10.5. The van der Waals surface area contributed by atoms with Crippen LogP contribution in [0.2, 0.25) is 0 Å². The molecule has 0 aromatic rings. The lowest BCUT2D eigenvalue weighted by Crippen LogP contribution is -2.46. The Morgan fingerprint density at radius 2 is 1.62 bits per heavy atom. The highest BCUT2D eigenvalue weighted by Crippen LogP contribution is 2.37. The molecule has 0 bridgehead atoms. The van der Waals surface area contributed by atoms with Crippen LogP contribution in [0.25, 0.3) is 0 Å². The van der Waals surface area contributed by atoms with Gasteiger partial charge in [0.1, 0.15) is 0 Å². The Balaban J connectivity index is 4.58. The first kappa shape index (κ1) is 20.6. The van der Waals surface area contributed by atoms with Crippen LogP contribution in [0.3, 0.4) is 0 Å². The third-order valence-electron chi connectivity index (χ3n) is 4.12. The first-order chi connectivity index (χ1) is 9.39. The molecule has 2 N–H and O–H groups in total. The van der Waals surface area contributed by atoms with Crippen LogP contribution < -0.4 is 10.6 Å². The summed E-state index contributed by atoms with van der Waals surface area (Å²) in [5.74, 6) is 0.556. The highest BCUT2D eigenvalue weighted by atomic mass is 32.1. The van der Waals surface area contributed by atoms with Gasteiger partial charge in [0.2, 0.25) is 0 Å². The van der Waals surface area contributed by atoms with Gasteiger partial charge in [-0.1, -0.05) is 48.0 Å². The van der Waals surface area contributed by atoms with Crippen molar-refractivity contribution in [2.75, 3.05) is 20.6 Å². The molecule has 0 saturated carbocycles. The van der Waals surface area contributed by atoms with Crippen molar-refractivity contribution in [2.45, 2.75) is 54.4 Å². The molecule has 0 spiro atoms. The average Bonchev–Trinajstić information content (AvgIpc) is 2.32. The highest BCUT2D eigenvalue weighted by molar-refractivity contribution is 7.81. The molecule has 0 aromatic carbocycles. The molecule has 0 saturated heterocycles. The smallest absolute Gasteiger partial charge is 0.174 e. The Morgan fingerprint density at radius 1 is 1.10 bits per heavy atom. The molecule has 0 aliphatic rings. The van der Waals surface area contributed by atoms with E-state index in [-0.39, 0.29) is 5.41 Å². The van der Waals surface area contributed by atoms with Crippen LogP contribution in [0.15, 0.2) is 0 Å². The van der Waals surface area contributed by atoms with Gasteiger partial charge in [0.25, 0.3) is 0 Å². The second-order valence-electron chi connectivity index (χ2n) is 7.82. The molecule has 0 rings (SSSR count). The first-order valence-electron chi connectivity index (χ1n) is 7.65. The van der Waals surface area contributed by atoms with Gasteiger partial charge in [0, 0.05) is 20.6 Å². The Labute approximate surface area is 142 Å². The van der Waals surface area contributed by atoms with E-state index in [2.05, 4.69) is 52.2 Å². The van der Waals surface area contributed by atoms with Crippen molar-refractivity contribution in [1.29, 1.82) is 0 Å². The summed E-state index contributed by atoms with van der Waals surface area (Å²) in [5, 5.41) is 7.61. The SMILES string of the molecule is CCC(C)(C)CC(CNC(=S)NC(=S)N(C)C)C(C)(C)C. The lowest BCUT2D eigenvalue weighted by molar-refractivity contribution is 0.153. The zero-order valence-corrected chi connectivity index (χ0v) is 16.6. The Kier molecular flexibility index (Phi) is 8.11. The van der Waals surface area contributed by atoms with Gasteiger partial charge in [-0.3, -0.25) is 0 Å². The highest BCUT2D eigenvalue weighted by Gasteiger charge is 2.30. The molecule has 0 aliphatic carbocycles. The molecular formula is C16H33N3S2. The molecule has 0 aromatic heterocycles. The zero-order valence-electron chi connectivity index (χ0n) is 15.0. The molecule has 0 aliphatic heterocycles. The third kappa shape index (κ3) is 8.57. The number of nitrogens with one attached hydrogen (secondary N) is 2. The normalized spacial score (nSPS) is 13.5. The molecular weight excluding hydrogens is 298 g/mol. The Morgan fingerprint density at radius 3 is 2.00 bits per heavy atom. The molecule has 21 heavy (non-hydrogen) atoms. The monoisotopic (exact) mass is 331 g/mol.